The van der Waals surface area contributed by atoms with Crippen LogP contribution in [0.5, 0.6) is 0 Å². The number of aliphatic hydroxyl groups is 1. The maximum atomic E-state index is 13.5. The Morgan fingerprint density at radius 1 is 0.972 bits per heavy atom. The van der Waals surface area contributed by atoms with Gasteiger partial charge in [0, 0.05) is 40.3 Å². The van der Waals surface area contributed by atoms with Crippen LogP contribution in [0.25, 0.3) is 17.1 Å². The second kappa shape index (κ2) is 7.26. The summed E-state index contributed by atoms with van der Waals surface area (Å²) in [7, 11) is 0. The van der Waals surface area contributed by atoms with Gasteiger partial charge in [-0.15, -0.1) is 0 Å². The third-order valence-corrected chi connectivity index (χ3v) is 9.19. The molecule has 2 aromatic heterocycles. The van der Waals surface area contributed by atoms with Gasteiger partial charge >= 0.3 is 0 Å². The van der Waals surface area contributed by atoms with Crippen molar-refractivity contribution in [3.8, 4) is 17.1 Å². The van der Waals surface area contributed by atoms with Gasteiger partial charge in [-0.2, -0.15) is 0 Å². The molecule has 5 heteroatoms. The highest BCUT2D eigenvalue weighted by atomic mass is 16.2. The van der Waals surface area contributed by atoms with Gasteiger partial charge in [0.1, 0.15) is 5.82 Å². The number of rotatable bonds is 3. The molecule has 1 unspecified atom stereocenters. The first-order valence-electron chi connectivity index (χ1n) is 12.6. The van der Waals surface area contributed by atoms with Gasteiger partial charge in [0.05, 0.1) is 17.4 Å². The number of fused-ring (bicyclic) bond motifs is 2. The summed E-state index contributed by atoms with van der Waals surface area (Å²) < 4.78 is 2.29. The molecule has 2 heterocycles. The number of aromatic nitrogens is 3. The molecule has 2 fully saturated rings. The zero-order valence-corrected chi connectivity index (χ0v) is 20.2. The number of benzene rings is 2. The van der Waals surface area contributed by atoms with E-state index in [9.17, 15) is 9.90 Å². The normalized spacial score (nSPS) is 29.4. The molecule has 0 radical (unpaired) electrons. The van der Waals surface area contributed by atoms with Crippen molar-refractivity contribution >= 4 is 5.78 Å². The van der Waals surface area contributed by atoms with E-state index in [0.717, 1.165) is 48.3 Å². The Hall–Kier alpha value is -3.99. The molecular weight excluding hydrogens is 446 g/mol. The summed E-state index contributed by atoms with van der Waals surface area (Å²) in [6.45, 7) is 2.10. The van der Waals surface area contributed by atoms with Crippen LogP contribution in [-0.2, 0) is 16.6 Å². The van der Waals surface area contributed by atoms with Crippen LogP contribution in [0, 0.1) is 10.8 Å². The molecule has 7 rings (SSSR count). The molecule has 3 atom stereocenters. The second-order valence-electron chi connectivity index (χ2n) is 10.7. The van der Waals surface area contributed by atoms with Crippen LogP contribution in [0.2, 0.25) is 0 Å². The Kier molecular flexibility index (Phi) is 4.30. The standard InChI is InChI=1S/C31H27N3O2/c1-29-20-30(29)15-12-25-26(31(30,18-22(19-35)27(29)36)23-8-4-2-5-9-23)33-28(21-13-16-32-17-14-21)34(25)24-10-6-3-7-11-24/h2-11,13-14,16-17,19,35H,12,15,18,20H2,1H3/b22-19-/t29?,30-,31+/m1/s1. The van der Waals surface area contributed by atoms with E-state index in [1.165, 1.54) is 11.3 Å². The first-order chi connectivity index (χ1) is 17.6. The minimum atomic E-state index is -0.499. The quantitative estimate of drug-likeness (QED) is 0.294. The van der Waals surface area contributed by atoms with Crippen LogP contribution in [0.4, 0.5) is 0 Å². The summed E-state index contributed by atoms with van der Waals surface area (Å²) in [5.41, 5.74) is 4.74. The summed E-state index contributed by atoms with van der Waals surface area (Å²) in [5, 5.41) is 10.2. The third kappa shape index (κ3) is 2.48. The fourth-order valence-corrected chi connectivity index (χ4v) is 7.51. The number of pyridine rings is 1. The van der Waals surface area contributed by atoms with E-state index in [2.05, 4.69) is 65.0 Å². The van der Waals surface area contributed by atoms with E-state index in [1.807, 2.05) is 24.3 Å². The number of imidazole rings is 1. The first-order valence-corrected chi connectivity index (χ1v) is 12.6. The van der Waals surface area contributed by atoms with Gasteiger partial charge < -0.3 is 5.11 Å². The summed E-state index contributed by atoms with van der Waals surface area (Å²) in [6, 6.07) is 24.9. The highest BCUT2D eigenvalue weighted by Crippen LogP contribution is 2.81. The zero-order valence-electron chi connectivity index (χ0n) is 20.2. The number of allylic oxidation sites excluding steroid dienone is 1. The zero-order chi connectivity index (χ0) is 24.5. The summed E-state index contributed by atoms with van der Waals surface area (Å²) in [5.74, 6) is 0.978. The van der Waals surface area contributed by atoms with Gasteiger partial charge in [-0.25, -0.2) is 4.98 Å². The van der Waals surface area contributed by atoms with Crippen LogP contribution >= 0.6 is 0 Å². The average molecular weight is 474 g/mol. The number of nitrogens with zero attached hydrogens (tertiary/aromatic N) is 3. The summed E-state index contributed by atoms with van der Waals surface area (Å²) in [4.78, 5) is 23.2. The van der Waals surface area contributed by atoms with Crippen LogP contribution in [0.1, 0.15) is 43.1 Å². The molecule has 2 saturated carbocycles. The molecule has 4 aromatic rings. The fraction of sp³-hybridized carbons (Fsp3) is 0.258. The number of Topliss-reactive ketones (excluding diaryl/α,β-unsaturated/α-hetero) is 1. The van der Waals surface area contributed by atoms with Crippen molar-refractivity contribution in [2.45, 2.75) is 38.0 Å². The smallest absolute Gasteiger partial charge is 0.168 e. The molecule has 1 N–H and O–H groups in total. The molecule has 3 aliphatic rings. The summed E-state index contributed by atoms with van der Waals surface area (Å²) >= 11 is 0. The van der Waals surface area contributed by atoms with Gasteiger partial charge in [-0.1, -0.05) is 55.5 Å². The lowest BCUT2D eigenvalue weighted by atomic mass is 9.52. The summed E-state index contributed by atoms with van der Waals surface area (Å²) in [6.07, 6.45) is 7.67. The van der Waals surface area contributed by atoms with E-state index in [4.69, 9.17) is 4.98 Å². The molecule has 0 amide bonds. The van der Waals surface area contributed by atoms with E-state index in [1.54, 1.807) is 12.4 Å². The van der Waals surface area contributed by atoms with Crippen LogP contribution < -0.4 is 0 Å². The van der Waals surface area contributed by atoms with E-state index >= 15 is 0 Å². The molecule has 0 bridgehead atoms. The van der Waals surface area contributed by atoms with Crippen molar-refractivity contribution in [3.63, 3.8) is 0 Å². The highest BCUT2D eigenvalue weighted by Gasteiger charge is 2.81. The van der Waals surface area contributed by atoms with Gasteiger partial charge in [-0.3, -0.25) is 14.3 Å². The molecule has 3 aliphatic carbocycles. The fourth-order valence-electron chi connectivity index (χ4n) is 7.51. The Morgan fingerprint density at radius 3 is 2.36 bits per heavy atom. The monoisotopic (exact) mass is 473 g/mol. The van der Waals surface area contributed by atoms with Crippen LogP contribution in [-0.4, -0.2) is 25.4 Å². The SMILES string of the molecule is CC12C[C@]13CCc1c(nc(-c4ccncc4)n1-c1ccccc1)[C@@]3(c1ccccc1)C/C(=C/O)C2=O. The van der Waals surface area contributed by atoms with Crippen molar-refractivity contribution < 1.29 is 9.90 Å². The number of ketones is 1. The van der Waals surface area contributed by atoms with Crippen molar-refractivity contribution in [1.82, 2.24) is 14.5 Å². The third-order valence-electron chi connectivity index (χ3n) is 9.19. The van der Waals surface area contributed by atoms with E-state index in [-0.39, 0.29) is 11.2 Å². The Bertz CT molecular complexity index is 1530. The molecule has 178 valence electrons. The molecule has 1 spiro atoms. The number of para-hydroxylation sites is 1. The van der Waals surface area contributed by atoms with E-state index in [0.29, 0.717) is 12.0 Å². The largest absolute Gasteiger partial charge is 0.515 e. The lowest BCUT2D eigenvalue weighted by Crippen LogP contribution is -2.51. The van der Waals surface area contributed by atoms with Crippen molar-refractivity contribution in [3.05, 3.63) is 114 Å². The topological polar surface area (TPSA) is 68.0 Å². The van der Waals surface area contributed by atoms with Crippen molar-refractivity contribution in [2.24, 2.45) is 10.8 Å². The van der Waals surface area contributed by atoms with E-state index < -0.39 is 10.8 Å². The molecule has 0 saturated heterocycles. The Morgan fingerprint density at radius 2 is 1.67 bits per heavy atom. The van der Waals surface area contributed by atoms with Gasteiger partial charge in [0.2, 0.25) is 0 Å². The number of carbonyl (C=O) groups is 1. The predicted octanol–water partition coefficient (Wildman–Crippen LogP) is 5.98. The molecule has 5 nitrogen and oxygen atoms in total. The average Bonchev–Trinajstić information content (AvgIpc) is 3.38. The lowest BCUT2D eigenvalue weighted by molar-refractivity contribution is -0.124. The molecular formula is C31H27N3O2. The van der Waals surface area contributed by atoms with Gasteiger partial charge in [0.15, 0.2) is 5.78 Å². The molecule has 36 heavy (non-hydrogen) atoms. The number of hydrogen-bond donors (Lipinski definition) is 1. The number of aliphatic hydroxyl groups excluding tert-OH is 1. The van der Waals surface area contributed by atoms with Crippen LogP contribution in [0.3, 0.4) is 0 Å². The molecule has 2 aromatic carbocycles. The van der Waals surface area contributed by atoms with Gasteiger partial charge in [-0.05, 0) is 60.9 Å². The minimum Gasteiger partial charge on any atom is -0.515 e. The maximum absolute atomic E-state index is 13.5. The van der Waals surface area contributed by atoms with Crippen molar-refractivity contribution in [2.75, 3.05) is 0 Å². The minimum absolute atomic E-state index is 0.0943. The highest BCUT2D eigenvalue weighted by molar-refractivity contribution is 6.05. The first kappa shape index (κ1) is 21.3. The Labute approximate surface area is 210 Å². The lowest BCUT2D eigenvalue weighted by Gasteiger charge is -2.50. The number of carbonyl (C=O) groups excluding carboxylic acids is 1. The maximum Gasteiger partial charge on any atom is 0.168 e. The Balaban J connectivity index is 1.58. The molecule has 0 aliphatic heterocycles. The second-order valence-corrected chi connectivity index (χ2v) is 10.7. The van der Waals surface area contributed by atoms with Gasteiger partial charge in [0.25, 0.3) is 0 Å². The van der Waals surface area contributed by atoms with Crippen LogP contribution in [0.15, 0.2) is 97.0 Å². The predicted molar refractivity (Wildman–Crippen MR) is 138 cm³/mol. The number of hydrogen-bond acceptors (Lipinski definition) is 4. The van der Waals surface area contributed by atoms with Crippen molar-refractivity contribution in [1.29, 1.82) is 0 Å².